The predicted octanol–water partition coefficient (Wildman–Crippen LogP) is 2.38. The van der Waals surface area contributed by atoms with Gasteiger partial charge in [0.2, 0.25) is 0 Å². The number of hydrogen-bond acceptors (Lipinski definition) is 4. The highest BCUT2D eigenvalue weighted by Crippen LogP contribution is 2.18. The van der Waals surface area contributed by atoms with Crippen LogP contribution in [0, 0.1) is 11.8 Å². The summed E-state index contributed by atoms with van der Waals surface area (Å²) in [5.41, 5.74) is 0. The normalized spacial score (nSPS) is 24.1. The van der Waals surface area contributed by atoms with Gasteiger partial charge in [-0.25, -0.2) is 0 Å². The lowest BCUT2D eigenvalue weighted by Gasteiger charge is -2.42. The van der Waals surface area contributed by atoms with Crippen LogP contribution in [0.1, 0.15) is 40.5 Å². The van der Waals surface area contributed by atoms with E-state index in [2.05, 4.69) is 37.9 Å². The van der Waals surface area contributed by atoms with E-state index in [4.69, 9.17) is 9.47 Å². The molecular weight excluding hydrogens is 264 g/mol. The van der Waals surface area contributed by atoms with Gasteiger partial charge in [0.05, 0.1) is 6.61 Å². The third-order valence-corrected chi connectivity index (χ3v) is 4.27. The van der Waals surface area contributed by atoms with E-state index in [-0.39, 0.29) is 0 Å². The van der Waals surface area contributed by atoms with Crippen molar-refractivity contribution >= 4 is 0 Å². The minimum atomic E-state index is 0.613. The van der Waals surface area contributed by atoms with Gasteiger partial charge in [0.15, 0.2) is 0 Å². The molecule has 0 bridgehead atoms. The number of ether oxygens (including phenoxy) is 2. The molecule has 21 heavy (non-hydrogen) atoms. The Hall–Kier alpha value is -0.160. The molecule has 2 atom stereocenters. The topological polar surface area (TPSA) is 33.7 Å². The summed E-state index contributed by atoms with van der Waals surface area (Å²) in [6.07, 6.45) is 2.25. The van der Waals surface area contributed by atoms with E-state index in [1.807, 2.05) is 0 Å². The molecule has 1 rings (SSSR count). The van der Waals surface area contributed by atoms with E-state index in [0.717, 1.165) is 51.8 Å². The molecule has 4 heteroatoms. The Kier molecular flexibility index (Phi) is 9.49. The first kappa shape index (κ1) is 18.9. The first-order valence-electron chi connectivity index (χ1n) is 8.58. The summed E-state index contributed by atoms with van der Waals surface area (Å²) < 4.78 is 10.8. The molecule has 1 fully saturated rings. The van der Waals surface area contributed by atoms with Gasteiger partial charge in [0.25, 0.3) is 0 Å². The molecule has 1 N–H and O–H groups in total. The van der Waals surface area contributed by atoms with Gasteiger partial charge in [0.1, 0.15) is 0 Å². The SMILES string of the molecule is COCCCOCCN1CC(C(C)C)NCC1CC(C)C. The Morgan fingerprint density at radius 3 is 2.52 bits per heavy atom. The molecule has 0 aromatic carbocycles. The van der Waals surface area contributed by atoms with Crippen molar-refractivity contribution in [3.05, 3.63) is 0 Å². The summed E-state index contributed by atoms with van der Waals surface area (Å²) in [6, 6.07) is 1.27. The molecule has 1 heterocycles. The standard InChI is InChI=1S/C17H36N2O2/c1-14(2)11-16-12-18-17(15(3)4)13-19(16)7-10-21-9-6-8-20-5/h14-18H,6-13H2,1-5H3. The zero-order chi connectivity index (χ0) is 15.7. The second-order valence-corrected chi connectivity index (χ2v) is 7.00. The maximum Gasteiger partial charge on any atom is 0.0593 e. The van der Waals surface area contributed by atoms with Crippen LogP contribution in [0.25, 0.3) is 0 Å². The van der Waals surface area contributed by atoms with Crippen molar-refractivity contribution in [2.75, 3.05) is 46.6 Å². The van der Waals surface area contributed by atoms with Crippen LogP contribution in [0.3, 0.4) is 0 Å². The summed E-state index contributed by atoms with van der Waals surface area (Å²) in [5.74, 6) is 1.44. The van der Waals surface area contributed by atoms with E-state index in [1.165, 1.54) is 6.42 Å². The second-order valence-electron chi connectivity index (χ2n) is 7.00. The molecule has 0 radical (unpaired) electrons. The molecule has 4 nitrogen and oxygen atoms in total. The minimum Gasteiger partial charge on any atom is -0.385 e. The Morgan fingerprint density at radius 1 is 1.14 bits per heavy atom. The number of hydrogen-bond donors (Lipinski definition) is 1. The van der Waals surface area contributed by atoms with E-state index in [0.29, 0.717) is 18.0 Å². The van der Waals surface area contributed by atoms with E-state index < -0.39 is 0 Å². The fourth-order valence-corrected chi connectivity index (χ4v) is 2.97. The Balaban J connectivity index is 2.35. The van der Waals surface area contributed by atoms with Crippen molar-refractivity contribution in [1.29, 1.82) is 0 Å². The Bertz CT molecular complexity index is 259. The van der Waals surface area contributed by atoms with Crippen LogP contribution in [0.2, 0.25) is 0 Å². The molecule has 0 amide bonds. The van der Waals surface area contributed by atoms with Crippen molar-refractivity contribution < 1.29 is 9.47 Å². The maximum atomic E-state index is 5.75. The third-order valence-electron chi connectivity index (χ3n) is 4.27. The summed E-state index contributed by atoms with van der Waals surface area (Å²) in [5, 5.41) is 3.72. The van der Waals surface area contributed by atoms with Crippen molar-refractivity contribution in [3.63, 3.8) is 0 Å². The van der Waals surface area contributed by atoms with Crippen molar-refractivity contribution in [2.45, 2.75) is 52.6 Å². The fraction of sp³-hybridized carbons (Fsp3) is 1.00. The number of nitrogens with zero attached hydrogens (tertiary/aromatic N) is 1. The van der Waals surface area contributed by atoms with Crippen molar-refractivity contribution in [2.24, 2.45) is 11.8 Å². The molecular formula is C17H36N2O2. The first-order chi connectivity index (χ1) is 10.0. The number of piperazine rings is 1. The summed E-state index contributed by atoms with van der Waals surface area (Å²) in [6.45, 7) is 15.0. The largest absolute Gasteiger partial charge is 0.385 e. The van der Waals surface area contributed by atoms with Gasteiger partial charge in [-0.15, -0.1) is 0 Å². The van der Waals surface area contributed by atoms with Crippen molar-refractivity contribution in [3.8, 4) is 0 Å². The van der Waals surface area contributed by atoms with E-state index in [1.54, 1.807) is 7.11 Å². The highest BCUT2D eigenvalue weighted by molar-refractivity contribution is 4.87. The summed E-state index contributed by atoms with van der Waals surface area (Å²) in [7, 11) is 1.74. The van der Waals surface area contributed by atoms with Crippen LogP contribution in [-0.4, -0.2) is 63.5 Å². The molecule has 0 aliphatic carbocycles. The second kappa shape index (κ2) is 10.5. The molecule has 1 saturated heterocycles. The van der Waals surface area contributed by atoms with Gasteiger partial charge in [-0.3, -0.25) is 4.90 Å². The van der Waals surface area contributed by atoms with Crippen LogP contribution >= 0.6 is 0 Å². The van der Waals surface area contributed by atoms with Crippen LogP contribution in [0.15, 0.2) is 0 Å². The monoisotopic (exact) mass is 300 g/mol. The average molecular weight is 300 g/mol. The highest BCUT2D eigenvalue weighted by Gasteiger charge is 2.29. The van der Waals surface area contributed by atoms with Crippen LogP contribution in [0.4, 0.5) is 0 Å². The third kappa shape index (κ3) is 7.59. The lowest BCUT2D eigenvalue weighted by molar-refractivity contribution is 0.0456. The smallest absolute Gasteiger partial charge is 0.0593 e. The summed E-state index contributed by atoms with van der Waals surface area (Å²) >= 11 is 0. The van der Waals surface area contributed by atoms with Gasteiger partial charge in [-0.05, 0) is 24.7 Å². The number of nitrogens with one attached hydrogen (secondary N) is 1. The van der Waals surface area contributed by atoms with Crippen LogP contribution < -0.4 is 5.32 Å². The average Bonchev–Trinajstić information content (AvgIpc) is 2.43. The van der Waals surface area contributed by atoms with Gasteiger partial charge in [-0.1, -0.05) is 27.7 Å². The lowest BCUT2D eigenvalue weighted by atomic mass is 9.95. The zero-order valence-corrected chi connectivity index (χ0v) is 14.7. The molecule has 0 saturated carbocycles. The Morgan fingerprint density at radius 2 is 1.90 bits per heavy atom. The van der Waals surface area contributed by atoms with E-state index >= 15 is 0 Å². The van der Waals surface area contributed by atoms with Gasteiger partial charge in [0, 0.05) is 52.0 Å². The molecule has 0 spiro atoms. The first-order valence-corrected chi connectivity index (χ1v) is 8.58. The zero-order valence-electron chi connectivity index (χ0n) is 14.7. The predicted molar refractivity (Wildman–Crippen MR) is 88.8 cm³/mol. The molecule has 1 aliphatic heterocycles. The molecule has 126 valence electrons. The molecule has 1 aliphatic rings. The molecule has 0 aromatic rings. The highest BCUT2D eigenvalue weighted by atomic mass is 16.5. The van der Waals surface area contributed by atoms with Crippen LogP contribution in [0.5, 0.6) is 0 Å². The molecule has 0 aromatic heterocycles. The maximum absolute atomic E-state index is 5.75. The van der Waals surface area contributed by atoms with Gasteiger partial charge in [-0.2, -0.15) is 0 Å². The van der Waals surface area contributed by atoms with E-state index in [9.17, 15) is 0 Å². The van der Waals surface area contributed by atoms with Crippen molar-refractivity contribution in [1.82, 2.24) is 10.2 Å². The lowest BCUT2D eigenvalue weighted by Crippen LogP contribution is -2.58. The number of methoxy groups -OCH3 is 1. The summed E-state index contributed by atoms with van der Waals surface area (Å²) in [4.78, 5) is 2.64. The number of rotatable bonds is 10. The molecule has 2 unspecified atom stereocenters. The van der Waals surface area contributed by atoms with Gasteiger partial charge < -0.3 is 14.8 Å². The fourth-order valence-electron chi connectivity index (χ4n) is 2.97. The minimum absolute atomic E-state index is 0.613. The quantitative estimate of drug-likeness (QED) is 0.628. The Labute approximate surface area is 131 Å². The van der Waals surface area contributed by atoms with Gasteiger partial charge >= 0.3 is 0 Å². The van der Waals surface area contributed by atoms with Crippen LogP contribution in [-0.2, 0) is 9.47 Å².